The van der Waals surface area contributed by atoms with E-state index >= 15 is 0 Å². The van der Waals surface area contributed by atoms with Gasteiger partial charge >= 0.3 is 6.03 Å². The molecule has 0 aliphatic carbocycles. The summed E-state index contributed by atoms with van der Waals surface area (Å²) in [7, 11) is 0. The molecule has 4 nitrogen and oxygen atoms in total. The zero-order valence-electron chi connectivity index (χ0n) is 10.5. The van der Waals surface area contributed by atoms with E-state index in [9.17, 15) is 4.79 Å². The van der Waals surface area contributed by atoms with Gasteiger partial charge in [0.05, 0.1) is 10.7 Å². The summed E-state index contributed by atoms with van der Waals surface area (Å²) in [5.74, 6) is 0. The van der Waals surface area contributed by atoms with E-state index in [1.54, 1.807) is 30.3 Å². The number of urea groups is 1. The van der Waals surface area contributed by atoms with E-state index < -0.39 is 0 Å². The Hall–Kier alpha value is -1.91. The molecule has 2 rings (SSSR count). The van der Waals surface area contributed by atoms with Crippen molar-refractivity contribution in [3.63, 3.8) is 0 Å². The van der Waals surface area contributed by atoms with Gasteiger partial charge in [0.2, 0.25) is 0 Å². The van der Waals surface area contributed by atoms with Crippen molar-refractivity contribution in [1.29, 1.82) is 0 Å². The predicted octanol–water partition coefficient (Wildman–Crippen LogP) is 3.90. The van der Waals surface area contributed by atoms with Crippen molar-refractivity contribution >= 4 is 40.6 Å². The lowest BCUT2D eigenvalue weighted by molar-refractivity contribution is 0.251. The fourth-order valence-electron chi connectivity index (χ4n) is 1.58. The number of benzene rings is 2. The number of halogens is 2. The Morgan fingerprint density at radius 2 is 1.80 bits per heavy atom. The molecule has 0 spiro atoms. The monoisotopic (exact) mass is 309 g/mol. The number of carbonyl (C=O) groups is 1. The van der Waals surface area contributed by atoms with Gasteiger partial charge in [0, 0.05) is 17.3 Å². The summed E-state index contributed by atoms with van der Waals surface area (Å²) in [5, 5.41) is 6.44. The summed E-state index contributed by atoms with van der Waals surface area (Å²) in [6, 6.07) is 11.8. The number of nitrogens with one attached hydrogen (secondary N) is 2. The van der Waals surface area contributed by atoms with Crippen molar-refractivity contribution < 1.29 is 4.79 Å². The Labute approximate surface area is 126 Å². The molecule has 0 aliphatic heterocycles. The summed E-state index contributed by atoms with van der Waals surface area (Å²) in [6.07, 6.45) is 0. The summed E-state index contributed by atoms with van der Waals surface area (Å²) in [5.41, 5.74) is 7.59. The van der Waals surface area contributed by atoms with Gasteiger partial charge in [-0.05, 0) is 35.9 Å². The number of amides is 2. The molecule has 0 aliphatic rings. The first-order valence-corrected chi connectivity index (χ1v) is 6.64. The topological polar surface area (TPSA) is 67.1 Å². The van der Waals surface area contributed by atoms with Crippen LogP contribution in [0.15, 0.2) is 42.5 Å². The third-order valence-corrected chi connectivity index (χ3v) is 3.17. The molecule has 0 saturated carbocycles. The van der Waals surface area contributed by atoms with Crippen LogP contribution in [0.2, 0.25) is 10.0 Å². The molecule has 0 heterocycles. The molecular formula is C14H13Cl2N3O. The molecule has 2 amide bonds. The lowest BCUT2D eigenvalue weighted by atomic mass is 10.2. The Morgan fingerprint density at radius 3 is 2.45 bits per heavy atom. The normalized spacial score (nSPS) is 10.1. The summed E-state index contributed by atoms with van der Waals surface area (Å²) >= 11 is 11.8. The SMILES string of the molecule is Nc1ccc(NC(=O)NCc2ccc(Cl)cc2)c(Cl)c1. The Balaban J connectivity index is 1.90. The summed E-state index contributed by atoms with van der Waals surface area (Å²) in [4.78, 5) is 11.8. The van der Waals surface area contributed by atoms with Crippen molar-refractivity contribution in [3.8, 4) is 0 Å². The average Bonchev–Trinajstić information content (AvgIpc) is 2.41. The number of hydrogen-bond donors (Lipinski definition) is 3. The molecule has 0 radical (unpaired) electrons. The number of carbonyl (C=O) groups excluding carboxylic acids is 1. The van der Waals surface area contributed by atoms with Crippen LogP contribution < -0.4 is 16.4 Å². The third kappa shape index (κ3) is 4.05. The maximum absolute atomic E-state index is 11.8. The molecule has 6 heteroatoms. The van der Waals surface area contributed by atoms with Crippen LogP contribution in [-0.2, 0) is 6.54 Å². The van der Waals surface area contributed by atoms with Crippen molar-refractivity contribution in [1.82, 2.24) is 5.32 Å². The zero-order valence-corrected chi connectivity index (χ0v) is 12.0. The zero-order chi connectivity index (χ0) is 14.5. The molecular weight excluding hydrogens is 297 g/mol. The second-order valence-corrected chi connectivity index (χ2v) is 5.02. The van der Waals surface area contributed by atoms with E-state index in [2.05, 4.69) is 10.6 Å². The molecule has 0 aromatic heterocycles. The summed E-state index contributed by atoms with van der Waals surface area (Å²) in [6.45, 7) is 0.398. The standard InChI is InChI=1S/C14H13Cl2N3O/c15-10-3-1-9(2-4-10)8-18-14(20)19-13-6-5-11(17)7-12(13)16/h1-7H,8,17H2,(H2,18,19,20). The minimum Gasteiger partial charge on any atom is -0.399 e. The minimum absolute atomic E-state index is 0.341. The second kappa shape index (κ2) is 6.50. The van der Waals surface area contributed by atoms with Crippen molar-refractivity contribution in [2.45, 2.75) is 6.54 Å². The molecule has 0 fully saturated rings. The lowest BCUT2D eigenvalue weighted by Gasteiger charge is -2.09. The number of rotatable bonds is 3. The highest BCUT2D eigenvalue weighted by atomic mass is 35.5. The van der Waals surface area contributed by atoms with E-state index in [4.69, 9.17) is 28.9 Å². The first kappa shape index (κ1) is 14.5. The van der Waals surface area contributed by atoms with Gasteiger partial charge in [0.15, 0.2) is 0 Å². The third-order valence-electron chi connectivity index (χ3n) is 2.61. The quantitative estimate of drug-likeness (QED) is 0.753. The van der Waals surface area contributed by atoms with Gasteiger partial charge in [-0.15, -0.1) is 0 Å². The second-order valence-electron chi connectivity index (χ2n) is 4.17. The lowest BCUT2D eigenvalue weighted by Crippen LogP contribution is -2.28. The minimum atomic E-state index is -0.341. The highest BCUT2D eigenvalue weighted by Gasteiger charge is 2.05. The molecule has 2 aromatic carbocycles. The van der Waals surface area contributed by atoms with Crippen LogP contribution in [0.1, 0.15) is 5.56 Å². The molecule has 2 aromatic rings. The fraction of sp³-hybridized carbons (Fsp3) is 0.0714. The van der Waals surface area contributed by atoms with Crippen LogP contribution in [-0.4, -0.2) is 6.03 Å². The van der Waals surface area contributed by atoms with Crippen LogP contribution >= 0.6 is 23.2 Å². The molecule has 4 N–H and O–H groups in total. The van der Waals surface area contributed by atoms with Gasteiger partial charge in [-0.2, -0.15) is 0 Å². The van der Waals surface area contributed by atoms with Crippen molar-refractivity contribution in [2.75, 3.05) is 11.1 Å². The van der Waals surface area contributed by atoms with E-state index in [0.717, 1.165) is 5.56 Å². The maximum atomic E-state index is 11.8. The molecule has 0 bridgehead atoms. The molecule has 0 unspecified atom stereocenters. The van der Waals surface area contributed by atoms with Crippen LogP contribution in [0.25, 0.3) is 0 Å². The summed E-state index contributed by atoms with van der Waals surface area (Å²) < 4.78 is 0. The Kier molecular flexibility index (Phi) is 4.71. The van der Waals surface area contributed by atoms with E-state index in [1.807, 2.05) is 12.1 Å². The van der Waals surface area contributed by atoms with Gasteiger partial charge in [0.1, 0.15) is 0 Å². The first-order valence-electron chi connectivity index (χ1n) is 5.89. The van der Waals surface area contributed by atoms with Crippen molar-refractivity contribution in [2.24, 2.45) is 0 Å². The van der Waals surface area contributed by atoms with Crippen LogP contribution in [0.4, 0.5) is 16.2 Å². The first-order chi connectivity index (χ1) is 9.54. The van der Waals surface area contributed by atoms with Gasteiger partial charge in [0.25, 0.3) is 0 Å². The highest BCUT2D eigenvalue weighted by Crippen LogP contribution is 2.23. The Bertz CT molecular complexity index is 614. The molecule has 20 heavy (non-hydrogen) atoms. The van der Waals surface area contributed by atoms with Gasteiger partial charge in [-0.3, -0.25) is 0 Å². The number of nitrogens with two attached hydrogens (primary N) is 1. The fourth-order valence-corrected chi connectivity index (χ4v) is 1.95. The Morgan fingerprint density at radius 1 is 1.10 bits per heavy atom. The average molecular weight is 310 g/mol. The van der Waals surface area contributed by atoms with E-state index in [1.165, 1.54) is 0 Å². The number of nitrogen functional groups attached to an aromatic ring is 1. The predicted molar refractivity (Wildman–Crippen MR) is 83.2 cm³/mol. The van der Waals surface area contributed by atoms with Gasteiger partial charge in [-0.25, -0.2) is 4.79 Å². The van der Waals surface area contributed by atoms with Gasteiger partial charge < -0.3 is 16.4 Å². The maximum Gasteiger partial charge on any atom is 0.319 e. The molecule has 0 atom stereocenters. The molecule has 104 valence electrons. The van der Waals surface area contributed by atoms with Gasteiger partial charge in [-0.1, -0.05) is 35.3 Å². The highest BCUT2D eigenvalue weighted by molar-refractivity contribution is 6.34. The van der Waals surface area contributed by atoms with E-state index in [-0.39, 0.29) is 6.03 Å². The largest absolute Gasteiger partial charge is 0.399 e. The van der Waals surface area contributed by atoms with Crippen LogP contribution in [0.3, 0.4) is 0 Å². The molecule has 0 saturated heterocycles. The smallest absolute Gasteiger partial charge is 0.319 e. The van der Waals surface area contributed by atoms with Crippen LogP contribution in [0.5, 0.6) is 0 Å². The van der Waals surface area contributed by atoms with Crippen LogP contribution in [0, 0.1) is 0 Å². The number of anilines is 2. The van der Waals surface area contributed by atoms with E-state index in [0.29, 0.717) is 28.0 Å². The number of hydrogen-bond acceptors (Lipinski definition) is 2. The van der Waals surface area contributed by atoms with Crippen molar-refractivity contribution in [3.05, 3.63) is 58.1 Å².